The molecule has 0 spiro atoms. The highest BCUT2D eigenvalue weighted by Gasteiger charge is 2.20. The summed E-state index contributed by atoms with van der Waals surface area (Å²) in [6.07, 6.45) is 5.05. The van der Waals surface area contributed by atoms with Crippen molar-refractivity contribution in [2.24, 2.45) is 7.05 Å². The summed E-state index contributed by atoms with van der Waals surface area (Å²) in [6, 6.07) is 13.1. The molecule has 9 heteroatoms. The fraction of sp³-hybridized carbons (Fsp3) is 0.182. The zero-order valence-corrected chi connectivity index (χ0v) is 17.5. The molecule has 0 aliphatic heterocycles. The predicted octanol–water partition coefficient (Wildman–Crippen LogP) is 2.38. The second kappa shape index (κ2) is 8.31. The maximum Gasteiger partial charge on any atom is 0.257 e. The summed E-state index contributed by atoms with van der Waals surface area (Å²) in [5.41, 5.74) is 3.91. The third kappa shape index (κ3) is 4.11. The van der Waals surface area contributed by atoms with Crippen LogP contribution in [0.5, 0.6) is 0 Å². The van der Waals surface area contributed by atoms with Crippen molar-refractivity contribution in [1.82, 2.24) is 29.4 Å². The van der Waals surface area contributed by atoms with Crippen LogP contribution in [-0.4, -0.2) is 42.5 Å². The Kier molecular flexibility index (Phi) is 5.40. The molecule has 31 heavy (non-hydrogen) atoms. The zero-order chi connectivity index (χ0) is 22.0. The lowest BCUT2D eigenvalue weighted by Crippen LogP contribution is -2.33. The highest BCUT2D eigenvalue weighted by atomic mass is 16.2. The Morgan fingerprint density at radius 1 is 1.00 bits per heavy atom. The molecule has 0 aliphatic rings. The largest absolute Gasteiger partial charge is 0.343 e. The van der Waals surface area contributed by atoms with E-state index in [2.05, 4.69) is 20.8 Å². The molecule has 158 valence electrons. The van der Waals surface area contributed by atoms with Gasteiger partial charge < -0.3 is 15.2 Å². The average Bonchev–Trinajstić information content (AvgIpc) is 3.48. The highest BCUT2D eigenvalue weighted by Crippen LogP contribution is 2.19. The molecule has 0 atom stereocenters. The first kappa shape index (κ1) is 20.1. The molecule has 3 aromatic heterocycles. The van der Waals surface area contributed by atoms with Crippen LogP contribution in [0.15, 0.2) is 61.1 Å². The minimum Gasteiger partial charge on any atom is -0.343 e. The van der Waals surface area contributed by atoms with Crippen LogP contribution < -0.4 is 10.6 Å². The zero-order valence-electron chi connectivity index (χ0n) is 17.5. The molecule has 0 radical (unpaired) electrons. The van der Waals surface area contributed by atoms with E-state index in [9.17, 15) is 9.59 Å². The molecule has 0 aliphatic carbocycles. The van der Waals surface area contributed by atoms with Crippen LogP contribution >= 0.6 is 0 Å². The van der Waals surface area contributed by atoms with Gasteiger partial charge in [0, 0.05) is 36.5 Å². The van der Waals surface area contributed by atoms with Gasteiger partial charge >= 0.3 is 0 Å². The van der Waals surface area contributed by atoms with Crippen LogP contribution in [0.4, 0.5) is 5.69 Å². The van der Waals surface area contributed by atoms with Crippen molar-refractivity contribution in [3.63, 3.8) is 0 Å². The molecular weight excluding hydrogens is 394 g/mol. The van der Waals surface area contributed by atoms with Crippen LogP contribution in [0.3, 0.4) is 0 Å². The number of aromatic nitrogens is 5. The molecule has 0 bridgehead atoms. The first-order valence-electron chi connectivity index (χ1n) is 9.79. The smallest absolute Gasteiger partial charge is 0.257 e. The molecule has 4 aromatic rings. The number of anilines is 1. The second-order valence-corrected chi connectivity index (χ2v) is 7.19. The van der Waals surface area contributed by atoms with Gasteiger partial charge in [-0.3, -0.25) is 14.3 Å². The Labute approximate surface area is 179 Å². The monoisotopic (exact) mass is 417 g/mol. The van der Waals surface area contributed by atoms with Gasteiger partial charge in [-0.15, -0.1) is 0 Å². The van der Waals surface area contributed by atoms with Gasteiger partial charge in [0.25, 0.3) is 5.91 Å². The van der Waals surface area contributed by atoms with Crippen molar-refractivity contribution in [2.75, 3.05) is 11.9 Å². The lowest BCUT2D eigenvalue weighted by Gasteiger charge is -2.12. The third-order valence-electron chi connectivity index (χ3n) is 4.96. The van der Waals surface area contributed by atoms with Gasteiger partial charge in [0.05, 0.1) is 18.4 Å². The number of carbonyl (C=O) groups excluding carboxylic acids is 2. The van der Waals surface area contributed by atoms with Gasteiger partial charge in [-0.05, 0) is 56.3 Å². The van der Waals surface area contributed by atoms with Crippen LogP contribution in [-0.2, 0) is 11.8 Å². The Morgan fingerprint density at radius 2 is 1.71 bits per heavy atom. The van der Waals surface area contributed by atoms with Crippen LogP contribution in [0, 0.1) is 13.8 Å². The Hall–Kier alpha value is -4.14. The molecule has 2 amide bonds. The van der Waals surface area contributed by atoms with Gasteiger partial charge in [0.1, 0.15) is 11.4 Å². The molecule has 0 fully saturated rings. The average molecular weight is 417 g/mol. The standard InChI is InChI=1S/C22H23N7O2/c1-15-5-6-16(2)29(15)22-19(13-25-27(22)3)21(31)23-14-20(30)26-17-7-9-18(10-8-17)28-12-4-11-24-28/h4-13H,14H2,1-3H3,(H,23,31)(H,26,30). The lowest BCUT2D eigenvalue weighted by molar-refractivity contribution is -0.115. The summed E-state index contributed by atoms with van der Waals surface area (Å²) in [5, 5.41) is 13.8. The van der Waals surface area contributed by atoms with E-state index in [1.54, 1.807) is 34.7 Å². The van der Waals surface area contributed by atoms with Crippen LogP contribution in [0.2, 0.25) is 0 Å². The summed E-state index contributed by atoms with van der Waals surface area (Å²) in [6.45, 7) is 3.78. The van der Waals surface area contributed by atoms with Gasteiger partial charge in [-0.1, -0.05) is 0 Å². The van der Waals surface area contributed by atoms with Crippen LogP contribution in [0.1, 0.15) is 21.7 Å². The molecule has 3 heterocycles. The topological polar surface area (TPSA) is 98.8 Å². The van der Waals surface area contributed by atoms with Gasteiger partial charge in [-0.2, -0.15) is 10.2 Å². The van der Waals surface area contributed by atoms with Crippen LogP contribution in [0.25, 0.3) is 11.5 Å². The summed E-state index contributed by atoms with van der Waals surface area (Å²) in [4.78, 5) is 25.1. The molecule has 9 nitrogen and oxygen atoms in total. The summed E-state index contributed by atoms with van der Waals surface area (Å²) in [7, 11) is 1.78. The van der Waals surface area contributed by atoms with E-state index in [1.807, 2.05) is 54.9 Å². The van der Waals surface area contributed by atoms with Crippen molar-refractivity contribution in [1.29, 1.82) is 0 Å². The van der Waals surface area contributed by atoms with Crippen molar-refractivity contribution in [3.05, 3.63) is 78.0 Å². The highest BCUT2D eigenvalue weighted by molar-refractivity contribution is 6.01. The fourth-order valence-corrected chi connectivity index (χ4v) is 3.44. The van der Waals surface area contributed by atoms with E-state index in [1.165, 1.54) is 6.20 Å². The summed E-state index contributed by atoms with van der Waals surface area (Å²) in [5.74, 6) is -0.0224. The van der Waals surface area contributed by atoms with E-state index in [4.69, 9.17) is 0 Å². The molecule has 0 saturated carbocycles. The number of nitrogens with zero attached hydrogens (tertiary/aromatic N) is 5. The number of amides is 2. The molecular formula is C22H23N7O2. The Bertz CT molecular complexity index is 1200. The molecule has 1 aromatic carbocycles. The number of benzene rings is 1. The van der Waals surface area contributed by atoms with Crippen molar-refractivity contribution in [2.45, 2.75) is 13.8 Å². The maximum absolute atomic E-state index is 12.8. The van der Waals surface area contributed by atoms with E-state index in [-0.39, 0.29) is 18.4 Å². The lowest BCUT2D eigenvalue weighted by atomic mass is 10.2. The number of rotatable bonds is 6. The minimum absolute atomic E-state index is 0.155. The number of carbonyl (C=O) groups is 2. The summed E-state index contributed by atoms with van der Waals surface area (Å²) >= 11 is 0. The summed E-state index contributed by atoms with van der Waals surface area (Å²) < 4.78 is 5.34. The number of hydrogen-bond acceptors (Lipinski definition) is 4. The predicted molar refractivity (Wildman–Crippen MR) is 117 cm³/mol. The molecule has 4 rings (SSSR count). The first-order valence-corrected chi connectivity index (χ1v) is 9.79. The van der Waals surface area contributed by atoms with E-state index < -0.39 is 0 Å². The second-order valence-electron chi connectivity index (χ2n) is 7.19. The molecule has 0 saturated heterocycles. The fourth-order valence-electron chi connectivity index (χ4n) is 3.44. The van der Waals surface area contributed by atoms with Crippen molar-refractivity contribution in [3.8, 4) is 11.5 Å². The first-order chi connectivity index (χ1) is 14.9. The number of hydrogen-bond donors (Lipinski definition) is 2. The normalized spacial score (nSPS) is 10.8. The quantitative estimate of drug-likeness (QED) is 0.503. The Morgan fingerprint density at radius 3 is 2.35 bits per heavy atom. The Balaban J connectivity index is 1.40. The molecule has 2 N–H and O–H groups in total. The number of nitrogens with one attached hydrogen (secondary N) is 2. The van der Waals surface area contributed by atoms with E-state index in [0.29, 0.717) is 17.1 Å². The van der Waals surface area contributed by atoms with Crippen molar-refractivity contribution >= 4 is 17.5 Å². The molecule has 0 unspecified atom stereocenters. The number of aryl methyl sites for hydroxylation is 3. The maximum atomic E-state index is 12.8. The van der Waals surface area contributed by atoms with Gasteiger partial charge in [0.2, 0.25) is 5.91 Å². The van der Waals surface area contributed by atoms with E-state index in [0.717, 1.165) is 17.1 Å². The van der Waals surface area contributed by atoms with E-state index >= 15 is 0 Å². The van der Waals surface area contributed by atoms with Gasteiger partial charge in [-0.25, -0.2) is 4.68 Å². The van der Waals surface area contributed by atoms with Crippen molar-refractivity contribution < 1.29 is 9.59 Å². The van der Waals surface area contributed by atoms with Gasteiger partial charge in [0.15, 0.2) is 0 Å². The SMILES string of the molecule is Cc1ccc(C)n1-c1c(C(=O)NCC(=O)Nc2ccc(-n3cccn3)cc2)cnn1C. The third-order valence-corrected chi connectivity index (χ3v) is 4.96. The minimum atomic E-state index is -0.361.